The second-order valence-electron chi connectivity index (χ2n) is 5.38. The first-order valence-corrected chi connectivity index (χ1v) is 9.40. The summed E-state index contributed by atoms with van der Waals surface area (Å²) in [6.07, 6.45) is 5.94. The van der Waals surface area contributed by atoms with Crippen molar-refractivity contribution in [3.8, 4) is 5.75 Å². The Morgan fingerprint density at radius 1 is 1.31 bits per heavy atom. The molecule has 0 spiro atoms. The van der Waals surface area contributed by atoms with E-state index in [1.54, 1.807) is 12.1 Å². The predicted octanol–water partition coefficient (Wildman–Crippen LogP) is 2.29. The molecule has 0 saturated heterocycles. The molecule has 0 bridgehead atoms. The smallest absolute Gasteiger partial charge is 0.343 e. The molecule has 1 aromatic carbocycles. The first kappa shape index (κ1) is 24.1. The van der Waals surface area contributed by atoms with Gasteiger partial charge in [-0.15, -0.1) is 0 Å². The van der Waals surface area contributed by atoms with Crippen molar-refractivity contribution in [2.75, 3.05) is 14.2 Å². The van der Waals surface area contributed by atoms with Crippen LogP contribution >= 0.6 is 22.6 Å². The van der Waals surface area contributed by atoms with Crippen molar-refractivity contribution in [1.29, 1.82) is 0 Å². The standard InChI is InChI=1S/C19H21IN2O7/c1-27-17(25)12-13(6-4-10-21-16(24)9-5-11-22-28-2)29-19(26)18-14(20)7-3-8-15(18)23/h3-5,7-11,13,23H,6,12H2,1-2H3,(H,21,24)/b9-5+,10-4+,22-11+/t13-/m0/s1. The number of phenolic OH excluding ortho intramolecular Hbond substituents is 1. The van der Waals surface area contributed by atoms with Crippen LogP contribution in [-0.2, 0) is 23.9 Å². The topological polar surface area (TPSA) is 124 Å². The monoisotopic (exact) mass is 516 g/mol. The first-order chi connectivity index (χ1) is 13.9. The second-order valence-corrected chi connectivity index (χ2v) is 6.55. The average Bonchev–Trinajstić information content (AvgIpc) is 2.68. The highest BCUT2D eigenvalue weighted by Gasteiger charge is 2.22. The SMILES string of the molecule is CO/N=C/C=C/C(=O)N/C=C/C[C@@H](CC(=O)OC)OC(=O)c1c(O)cccc1I. The molecule has 156 valence electrons. The number of carbonyl (C=O) groups excluding carboxylic acids is 3. The number of amides is 1. The largest absolute Gasteiger partial charge is 0.507 e. The number of allylic oxidation sites excluding steroid dienone is 1. The Labute approximate surface area is 181 Å². The highest BCUT2D eigenvalue weighted by atomic mass is 127. The van der Waals surface area contributed by atoms with E-state index in [2.05, 4.69) is 20.0 Å². The average molecular weight is 516 g/mol. The molecule has 0 unspecified atom stereocenters. The number of benzene rings is 1. The number of hydrogen-bond acceptors (Lipinski definition) is 8. The van der Waals surface area contributed by atoms with Crippen LogP contribution in [0.3, 0.4) is 0 Å². The van der Waals surface area contributed by atoms with Crippen molar-refractivity contribution in [3.63, 3.8) is 0 Å². The number of nitrogens with one attached hydrogen (secondary N) is 1. The van der Waals surface area contributed by atoms with Gasteiger partial charge >= 0.3 is 11.9 Å². The van der Waals surface area contributed by atoms with Gasteiger partial charge in [0.2, 0.25) is 5.91 Å². The minimum Gasteiger partial charge on any atom is -0.507 e. The van der Waals surface area contributed by atoms with E-state index in [0.717, 1.165) is 0 Å². The number of halogens is 1. The summed E-state index contributed by atoms with van der Waals surface area (Å²) in [5.74, 6) is -1.95. The van der Waals surface area contributed by atoms with Crippen molar-refractivity contribution in [2.45, 2.75) is 18.9 Å². The maximum atomic E-state index is 12.4. The lowest BCUT2D eigenvalue weighted by Gasteiger charge is -2.16. The summed E-state index contributed by atoms with van der Waals surface area (Å²) in [5.41, 5.74) is 0.0168. The molecule has 10 heteroatoms. The van der Waals surface area contributed by atoms with Gasteiger partial charge < -0.3 is 24.7 Å². The predicted molar refractivity (Wildman–Crippen MR) is 113 cm³/mol. The summed E-state index contributed by atoms with van der Waals surface area (Å²) in [6, 6.07) is 4.61. The van der Waals surface area contributed by atoms with Gasteiger partial charge in [0.15, 0.2) is 0 Å². The molecule has 29 heavy (non-hydrogen) atoms. The number of phenols is 1. The fourth-order valence-corrected chi connectivity index (χ4v) is 2.71. The van der Waals surface area contributed by atoms with Crippen LogP contribution in [0.4, 0.5) is 0 Å². The molecular weight excluding hydrogens is 495 g/mol. The lowest BCUT2D eigenvalue weighted by Crippen LogP contribution is -2.23. The summed E-state index contributed by atoms with van der Waals surface area (Å²) in [7, 11) is 2.60. The first-order valence-electron chi connectivity index (χ1n) is 8.33. The van der Waals surface area contributed by atoms with Gasteiger partial charge in [-0.3, -0.25) is 9.59 Å². The van der Waals surface area contributed by atoms with E-state index in [0.29, 0.717) is 3.57 Å². The highest BCUT2D eigenvalue weighted by Crippen LogP contribution is 2.24. The number of nitrogens with zero attached hydrogens (tertiary/aromatic N) is 1. The van der Waals surface area contributed by atoms with Crippen molar-refractivity contribution >= 4 is 46.7 Å². The summed E-state index contributed by atoms with van der Waals surface area (Å²) >= 11 is 1.90. The maximum absolute atomic E-state index is 12.4. The summed E-state index contributed by atoms with van der Waals surface area (Å²) in [5, 5.41) is 15.8. The van der Waals surface area contributed by atoms with Crippen molar-refractivity contribution < 1.29 is 33.8 Å². The molecule has 9 nitrogen and oxygen atoms in total. The molecule has 0 heterocycles. The molecule has 0 saturated carbocycles. The third-order valence-corrected chi connectivity index (χ3v) is 4.23. The van der Waals surface area contributed by atoms with E-state index in [1.165, 1.54) is 50.9 Å². The van der Waals surface area contributed by atoms with Gasteiger partial charge in [0.1, 0.15) is 24.5 Å². The number of hydrogen-bond donors (Lipinski definition) is 2. The van der Waals surface area contributed by atoms with Gasteiger partial charge in [0, 0.05) is 22.3 Å². The normalized spacial score (nSPS) is 12.2. The molecule has 0 aliphatic carbocycles. The van der Waals surface area contributed by atoms with Crippen molar-refractivity contribution in [3.05, 3.63) is 51.8 Å². The molecule has 0 aromatic heterocycles. The fourth-order valence-electron chi connectivity index (χ4n) is 2.00. The van der Waals surface area contributed by atoms with Gasteiger partial charge in [0.05, 0.1) is 19.7 Å². The molecule has 1 atom stereocenters. The Hall–Kier alpha value is -2.89. The van der Waals surface area contributed by atoms with E-state index in [-0.39, 0.29) is 24.2 Å². The Kier molecular flexibility index (Phi) is 11.1. The van der Waals surface area contributed by atoms with Gasteiger partial charge in [-0.1, -0.05) is 17.3 Å². The van der Waals surface area contributed by atoms with Gasteiger partial charge in [-0.05, 0) is 40.8 Å². The lowest BCUT2D eigenvalue weighted by molar-refractivity contribution is -0.142. The van der Waals surface area contributed by atoms with Crippen LogP contribution in [0.2, 0.25) is 0 Å². The quantitative estimate of drug-likeness (QED) is 0.161. The van der Waals surface area contributed by atoms with Crippen LogP contribution in [0.1, 0.15) is 23.2 Å². The Morgan fingerprint density at radius 3 is 2.72 bits per heavy atom. The zero-order chi connectivity index (χ0) is 21.6. The van der Waals surface area contributed by atoms with Crippen LogP contribution in [-0.4, -0.2) is 49.5 Å². The number of esters is 2. The van der Waals surface area contributed by atoms with Crippen LogP contribution in [0, 0.1) is 3.57 Å². The van der Waals surface area contributed by atoms with E-state index in [4.69, 9.17) is 4.74 Å². The molecule has 0 fully saturated rings. The van der Waals surface area contributed by atoms with Crippen LogP contribution < -0.4 is 5.32 Å². The number of methoxy groups -OCH3 is 1. The molecule has 1 amide bonds. The lowest BCUT2D eigenvalue weighted by atomic mass is 10.1. The maximum Gasteiger partial charge on any atom is 0.343 e. The third kappa shape index (κ3) is 9.23. The number of aromatic hydroxyl groups is 1. The third-order valence-electron chi connectivity index (χ3n) is 3.33. The molecular formula is C19H21IN2O7. The minimum atomic E-state index is -0.845. The van der Waals surface area contributed by atoms with E-state index in [9.17, 15) is 19.5 Å². The molecule has 1 aromatic rings. The van der Waals surface area contributed by atoms with Crippen molar-refractivity contribution in [2.24, 2.45) is 5.16 Å². The Morgan fingerprint density at radius 2 is 2.07 bits per heavy atom. The van der Waals surface area contributed by atoms with Crippen LogP contribution in [0.5, 0.6) is 5.75 Å². The number of rotatable bonds is 10. The minimum absolute atomic E-state index is 0.0168. The molecule has 1 rings (SSSR count). The molecule has 0 aliphatic rings. The Bertz CT molecular complexity index is 785. The van der Waals surface area contributed by atoms with Crippen LogP contribution in [0.25, 0.3) is 0 Å². The fraction of sp³-hybridized carbons (Fsp3) is 0.263. The van der Waals surface area contributed by atoms with Gasteiger partial charge in [0.25, 0.3) is 0 Å². The molecule has 0 radical (unpaired) electrons. The molecule has 2 N–H and O–H groups in total. The zero-order valence-corrected chi connectivity index (χ0v) is 18.0. The second kappa shape index (κ2) is 13.3. The van der Waals surface area contributed by atoms with E-state index >= 15 is 0 Å². The van der Waals surface area contributed by atoms with Crippen LogP contribution in [0.15, 0.2) is 47.8 Å². The number of carbonyl (C=O) groups is 3. The van der Waals surface area contributed by atoms with E-state index < -0.39 is 23.9 Å². The number of oxime groups is 1. The summed E-state index contributed by atoms with van der Waals surface area (Å²) < 4.78 is 10.5. The highest BCUT2D eigenvalue weighted by molar-refractivity contribution is 14.1. The number of ether oxygens (including phenoxy) is 2. The zero-order valence-electron chi connectivity index (χ0n) is 15.8. The summed E-state index contributed by atoms with van der Waals surface area (Å²) in [6.45, 7) is 0. The van der Waals surface area contributed by atoms with Crippen molar-refractivity contribution in [1.82, 2.24) is 5.32 Å². The summed E-state index contributed by atoms with van der Waals surface area (Å²) in [4.78, 5) is 40.0. The van der Waals surface area contributed by atoms with E-state index in [1.807, 2.05) is 22.6 Å². The van der Waals surface area contributed by atoms with Gasteiger partial charge in [-0.2, -0.15) is 0 Å². The Balaban J connectivity index is 2.72. The van der Waals surface area contributed by atoms with Gasteiger partial charge in [-0.25, -0.2) is 4.79 Å². The molecule has 0 aliphatic heterocycles.